The number of hydrogen-bond acceptors (Lipinski definition) is 3. The number of carbonyl (C=O) groups is 2. The normalized spacial score (nSPS) is 19.2. The Morgan fingerprint density at radius 3 is 2.48 bits per heavy atom. The molecule has 0 aliphatic carbocycles. The summed E-state index contributed by atoms with van der Waals surface area (Å²) in [6.07, 6.45) is 1.09. The van der Waals surface area contributed by atoms with Crippen LogP contribution >= 0.6 is 0 Å². The molecule has 0 spiro atoms. The monoisotopic (exact) mass is 309 g/mol. The van der Waals surface area contributed by atoms with Gasteiger partial charge in [0, 0.05) is 18.9 Å². The lowest BCUT2D eigenvalue weighted by atomic mass is 10.1. The Morgan fingerprint density at radius 1 is 1.33 bits per heavy atom. The highest BCUT2D eigenvalue weighted by Gasteiger charge is 2.37. The number of carbonyl (C=O) groups excluding carboxylic acids is 2. The van der Waals surface area contributed by atoms with E-state index in [0.29, 0.717) is 19.3 Å². The molecule has 1 rings (SSSR count). The van der Waals surface area contributed by atoms with Gasteiger partial charge < -0.3 is 4.74 Å². The predicted octanol–water partition coefficient (Wildman–Crippen LogP) is 3.64. The molecule has 0 aromatic rings. The van der Waals surface area contributed by atoms with Gasteiger partial charge in [0.1, 0.15) is 5.60 Å². The molecule has 1 aliphatic heterocycles. The van der Waals surface area contributed by atoms with E-state index >= 15 is 0 Å². The molecule has 0 N–H and O–H groups in total. The number of rotatable bonds is 2. The topological polar surface area (TPSA) is 46.6 Å². The molecule has 1 aliphatic rings. The van der Waals surface area contributed by atoms with Crippen LogP contribution in [0.15, 0.2) is 0 Å². The number of likely N-dealkylation sites (tertiary alicyclic amines) is 1. The van der Waals surface area contributed by atoms with Gasteiger partial charge in [-0.15, -0.1) is 11.8 Å². The summed E-state index contributed by atoms with van der Waals surface area (Å²) >= 11 is 0. The lowest BCUT2D eigenvalue weighted by Gasteiger charge is -2.26. The molecule has 0 aromatic heterocycles. The largest absolute Gasteiger partial charge is 0.443 e. The minimum absolute atomic E-state index is 0.138. The SMILES string of the molecule is CC(C)(C)OC(=O)N1C(=O)CC[C@H]1CC#CC[Si](C)(C)C. The van der Waals surface area contributed by atoms with Gasteiger partial charge in [-0.1, -0.05) is 19.6 Å². The third-order valence-electron chi connectivity index (χ3n) is 3.00. The van der Waals surface area contributed by atoms with Crippen molar-refractivity contribution in [2.75, 3.05) is 0 Å². The molecule has 21 heavy (non-hydrogen) atoms. The Labute approximate surface area is 129 Å². The molecule has 2 amide bonds. The maximum Gasteiger partial charge on any atom is 0.417 e. The summed E-state index contributed by atoms with van der Waals surface area (Å²) in [6, 6.07) is 0.807. The van der Waals surface area contributed by atoms with Crippen molar-refractivity contribution in [1.82, 2.24) is 4.90 Å². The van der Waals surface area contributed by atoms with E-state index in [1.807, 2.05) is 0 Å². The molecule has 5 heteroatoms. The average molecular weight is 309 g/mol. The summed E-state index contributed by atoms with van der Waals surface area (Å²) in [6.45, 7) is 12.2. The van der Waals surface area contributed by atoms with Gasteiger partial charge in [0.05, 0.1) is 14.1 Å². The maximum atomic E-state index is 12.1. The number of nitrogens with zero attached hydrogens (tertiary/aromatic N) is 1. The van der Waals surface area contributed by atoms with E-state index in [1.54, 1.807) is 20.8 Å². The zero-order chi connectivity index (χ0) is 16.3. The van der Waals surface area contributed by atoms with Crippen LogP contribution in [0.2, 0.25) is 25.7 Å². The molecule has 0 saturated carbocycles. The van der Waals surface area contributed by atoms with Crippen molar-refractivity contribution >= 4 is 20.1 Å². The van der Waals surface area contributed by atoms with Gasteiger partial charge in [-0.25, -0.2) is 9.69 Å². The van der Waals surface area contributed by atoms with E-state index in [9.17, 15) is 9.59 Å². The van der Waals surface area contributed by atoms with E-state index in [2.05, 4.69) is 31.5 Å². The average Bonchev–Trinajstić information content (AvgIpc) is 2.62. The zero-order valence-corrected chi connectivity index (χ0v) is 15.1. The summed E-state index contributed by atoms with van der Waals surface area (Å²) in [7, 11) is -1.16. The molecule has 1 fully saturated rings. The van der Waals surface area contributed by atoms with Crippen molar-refractivity contribution in [2.45, 2.75) is 77.4 Å². The van der Waals surface area contributed by atoms with Crippen LogP contribution in [0.1, 0.15) is 40.0 Å². The smallest absolute Gasteiger partial charge is 0.417 e. The minimum atomic E-state index is -1.16. The summed E-state index contributed by atoms with van der Waals surface area (Å²) in [5.74, 6) is 6.18. The first-order chi connectivity index (χ1) is 9.49. The Morgan fingerprint density at radius 2 is 1.95 bits per heavy atom. The lowest BCUT2D eigenvalue weighted by molar-refractivity contribution is -0.128. The fourth-order valence-electron chi connectivity index (χ4n) is 2.02. The van der Waals surface area contributed by atoms with Crippen LogP contribution in [-0.2, 0) is 9.53 Å². The van der Waals surface area contributed by atoms with Crippen LogP contribution in [0.25, 0.3) is 0 Å². The number of hydrogen-bond donors (Lipinski definition) is 0. The fourth-order valence-corrected chi connectivity index (χ4v) is 2.67. The summed E-state index contributed by atoms with van der Waals surface area (Å²) < 4.78 is 5.31. The highest BCUT2D eigenvalue weighted by atomic mass is 28.3. The van der Waals surface area contributed by atoms with E-state index in [-0.39, 0.29) is 11.9 Å². The van der Waals surface area contributed by atoms with Crippen LogP contribution in [0.4, 0.5) is 4.79 Å². The van der Waals surface area contributed by atoms with Crippen molar-refractivity contribution < 1.29 is 14.3 Å². The van der Waals surface area contributed by atoms with Crippen LogP contribution in [0.3, 0.4) is 0 Å². The second-order valence-electron chi connectivity index (χ2n) is 7.73. The minimum Gasteiger partial charge on any atom is -0.443 e. The van der Waals surface area contributed by atoms with Crippen molar-refractivity contribution in [1.29, 1.82) is 0 Å². The highest BCUT2D eigenvalue weighted by molar-refractivity contribution is 6.76. The summed E-state index contributed by atoms with van der Waals surface area (Å²) in [5.41, 5.74) is -0.589. The summed E-state index contributed by atoms with van der Waals surface area (Å²) in [4.78, 5) is 25.3. The first-order valence-electron chi connectivity index (χ1n) is 7.50. The van der Waals surface area contributed by atoms with Gasteiger partial charge in [0.15, 0.2) is 0 Å². The molecule has 0 bridgehead atoms. The Kier molecular flexibility index (Phi) is 5.63. The second kappa shape index (κ2) is 6.65. The van der Waals surface area contributed by atoms with Crippen LogP contribution in [0.5, 0.6) is 0 Å². The quantitative estimate of drug-likeness (QED) is 0.578. The first kappa shape index (κ1) is 17.8. The van der Waals surface area contributed by atoms with Crippen LogP contribution < -0.4 is 0 Å². The van der Waals surface area contributed by atoms with E-state index in [4.69, 9.17) is 4.74 Å². The maximum absolute atomic E-state index is 12.1. The van der Waals surface area contributed by atoms with Crippen molar-refractivity contribution in [2.24, 2.45) is 0 Å². The molecule has 118 valence electrons. The standard InChI is InChI=1S/C16H27NO3Si/c1-16(2,3)20-15(19)17-13(10-11-14(17)18)9-7-8-12-21(4,5)6/h13H,9-12H2,1-6H3/t13-/m1/s1. The van der Waals surface area contributed by atoms with E-state index < -0.39 is 19.8 Å². The van der Waals surface area contributed by atoms with Gasteiger partial charge in [0.25, 0.3) is 0 Å². The van der Waals surface area contributed by atoms with Crippen LogP contribution in [-0.4, -0.2) is 36.6 Å². The molecule has 0 aromatic carbocycles. The molecular formula is C16H27NO3Si. The molecule has 0 radical (unpaired) electrons. The van der Waals surface area contributed by atoms with Crippen molar-refractivity contribution in [3.63, 3.8) is 0 Å². The molecule has 4 nitrogen and oxygen atoms in total. The Balaban J connectivity index is 2.65. The van der Waals surface area contributed by atoms with Gasteiger partial charge in [-0.05, 0) is 27.2 Å². The third-order valence-corrected chi connectivity index (χ3v) is 4.23. The van der Waals surface area contributed by atoms with Gasteiger partial charge >= 0.3 is 6.09 Å². The molecule has 0 unspecified atom stereocenters. The molecule has 1 heterocycles. The van der Waals surface area contributed by atoms with Gasteiger partial charge in [-0.3, -0.25) is 4.79 Å². The van der Waals surface area contributed by atoms with E-state index in [1.165, 1.54) is 4.90 Å². The van der Waals surface area contributed by atoms with Crippen LogP contribution in [0, 0.1) is 11.8 Å². The van der Waals surface area contributed by atoms with Gasteiger partial charge in [0.2, 0.25) is 5.91 Å². The van der Waals surface area contributed by atoms with Crippen molar-refractivity contribution in [3.8, 4) is 11.8 Å². The Bertz CT molecular complexity index is 463. The Hall–Kier alpha value is -1.28. The molecule has 1 atom stereocenters. The zero-order valence-electron chi connectivity index (χ0n) is 14.1. The highest BCUT2D eigenvalue weighted by Crippen LogP contribution is 2.24. The molecule has 1 saturated heterocycles. The summed E-state index contributed by atoms with van der Waals surface area (Å²) in [5, 5.41) is 0. The number of imide groups is 1. The number of ether oxygens (including phenoxy) is 1. The molecular weight excluding hydrogens is 282 g/mol. The fraction of sp³-hybridized carbons (Fsp3) is 0.750. The predicted molar refractivity (Wildman–Crippen MR) is 86.6 cm³/mol. The number of amides is 2. The first-order valence-corrected chi connectivity index (χ1v) is 11.2. The lowest BCUT2D eigenvalue weighted by Crippen LogP contribution is -2.42. The van der Waals surface area contributed by atoms with Crippen molar-refractivity contribution in [3.05, 3.63) is 0 Å². The second-order valence-corrected chi connectivity index (χ2v) is 13.2. The third kappa shape index (κ3) is 6.34. The van der Waals surface area contributed by atoms with E-state index in [0.717, 1.165) is 6.04 Å². The van der Waals surface area contributed by atoms with Gasteiger partial charge in [-0.2, -0.15) is 0 Å².